The van der Waals surface area contributed by atoms with Crippen molar-refractivity contribution in [2.75, 3.05) is 0 Å². The van der Waals surface area contributed by atoms with Crippen LogP contribution in [0, 0.1) is 0 Å². The van der Waals surface area contributed by atoms with Gasteiger partial charge in [-0.05, 0) is 0 Å². The molecule has 13 heavy (non-hydrogen) atoms. The Labute approximate surface area is 78.2 Å². The van der Waals surface area contributed by atoms with Crippen molar-refractivity contribution in [1.82, 2.24) is 9.55 Å². The molecule has 0 saturated carbocycles. The molecule has 0 saturated heterocycles. The molecular weight excluding hydrogens is 168 g/mol. The summed E-state index contributed by atoms with van der Waals surface area (Å²) in [7, 11) is 0. The van der Waals surface area contributed by atoms with E-state index in [-0.39, 0.29) is 6.54 Å². The molecule has 1 aromatic rings. The zero-order chi connectivity index (χ0) is 10.3. The zero-order valence-corrected chi connectivity index (χ0v) is 8.32. The average molecular weight is 184 g/mol. The third-order valence-electron chi connectivity index (χ3n) is 1.42. The molecule has 4 nitrogen and oxygen atoms in total. The van der Waals surface area contributed by atoms with Gasteiger partial charge < -0.3 is 9.67 Å². The Morgan fingerprint density at radius 1 is 1.62 bits per heavy atom. The minimum atomic E-state index is -0.835. The molecule has 0 atom stereocenters. The molecule has 0 spiro atoms. The van der Waals surface area contributed by atoms with Crippen molar-refractivity contribution in [2.24, 2.45) is 0 Å². The smallest absolute Gasteiger partial charge is 0.323 e. The summed E-state index contributed by atoms with van der Waals surface area (Å²) in [5.41, 5.74) is 0. The van der Waals surface area contributed by atoms with Crippen LogP contribution < -0.4 is 0 Å². The summed E-state index contributed by atoms with van der Waals surface area (Å²) < 4.78 is 1.63. The highest BCUT2D eigenvalue weighted by atomic mass is 16.4. The minimum Gasteiger partial charge on any atom is -0.480 e. The molecule has 0 aromatic carbocycles. The first-order valence-corrected chi connectivity index (χ1v) is 4.46. The van der Waals surface area contributed by atoms with Gasteiger partial charge in [-0.1, -0.05) is 20.8 Å². The van der Waals surface area contributed by atoms with Gasteiger partial charge in [0.05, 0.1) is 0 Å². The van der Waals surface area contributed by atoms with Crippen LogP contribution >= 0.6 is 0 Å². The number of carbonyl (C=O) groups is 1. The van der Waals surface area contributed by atoms with E-state index in [0.29, 0.717) is 0 Å². The van der Waals surface area contributed by atoms with E-state index in [2.05, 4.69) is 4.98 Å². The van der Waals surface area contributed by atoms with Crippen LogP contribution in [0.5, 0.6) is 0 Å². The number of hydrogen-bond acceptors (Lipinski definition) is 2. The Morgan fingerprint density at radius 2 is 2.23 bits per heavy atom. The standard InChI is InChI=1S/C7H10N2O2.C2H6/c1-2-6-8-3-4-9(6)5-7(10)11;1-2/h3-4H,2,5H2,1H3,(H,10,11);1-2H3. The van der Waals surface area contributed by atoms with Gasteiger partial charge in [0.25, 0.3) is 0 Å². The van der Waals surface area contributed by atoms with E-state index in [0.717, 1.165) is 12.2 Å². The Balaban J connectivity index is 0.000000671. The molecule has 1 N–H and O–H groups in total. The van der Waals surface area contributed by atoms with E-state index in [9.17, 15) is 4.79 Å². The second kappa shape index (κ2) is 6.22. The number of rotatable bonds is 3. The molecular formula is C9H16N2O2. The van der Waals surface area contributed by atoms with Gasteiger partial charge in [-0.2, -0.15) is 0 Å². The van der Waals surface area contributed by atoms with Crippen LogP contribution in [0.3, 0.4) is 0 Å². The average Bonchev–Trinajstić information content (AvgIpc) is 2.54. The zero-order valence-electron chi connectivity index (χ0n) is 8.32. The predicted molar refractivity (Wildman–Crippen MR) is 50.6 cm³/mol. The quantitative estimate of drug-likeness (QED) is 0.775. The Morgan fingerprint density at radius 3 is 2.69 bits per heavy atom. The van der Waals surface area contributed by atoms with Gasteiger partial charge >= 0.3 is 5.97 Å². The van der Waals surface area contributed by atoms with Crippen molar-refractivity contribution >= 4 is 5.97 Å². The first-order valence-electron chi connectivity index (χ1n) is 4.46. The molecule has 1 rings (SSSR count). The number of aliphatic carboxylic acids is 1. The monoisotopic (exact) mass is 184 g/mol. The van der Waals surface area contributed by atoms with Crippen molar-refractivity contribution in [1.29, 1.82) is 0 Å². The molecule has 0 aliphatic heterocycles. The van der Waals surface area contributed by atoms with Gasteiger partial charge in [0.15, 0.2) is 0 Å². The number of aromatic nitrogens is 2. The molecule has 0 amide bonds. The summed E-state index contributed by atoms with van der Waals surface area (Å²) in [5, 5.41) is 8.46. The first kappa shape index (κ1) is 11.7. The molecule has 0 radical (unpaired) electrons. The predicted octanol–water partition coefficient (Wildman–Crippen LogP) is 1.56. The first-order chi connectivity index (χ1) is 6.24. The Hall–Kier alpha value is -1.32. The minimum absolute atomic E-state index is 0.00315. The molecule has 4 heteroatoms. The van der Waals surface area contributed by atoms with E-state index in [1.165, 1.54) is 0 Å². The Bertz CT molecular complexity index is 256. The van der Waals surface area contributed by atoms with Crippen LogP contribution in [0.25, 0.3) is 0 Å². The normalized spacial score (nSPS) is 8.85. The fourth-order valence-electron chi connectivity index (χ4n) is 0.944. The molecule has 0 fully saturated rings. The van der Waals surface area contributed by atoms with Crippen LogP contribution in [0.1, 0.15) is 26.6 Å². The van der Waals surface area contributed by atoms with Crippen LogP contribution in [-0.4, -0.2) is 20.6 Å². The molecule has 0 bridgehead atoms. The van der Waals surface area contributed by atoms with Crippen molar-refractivity contribution in [3.05, 3.63) is 18.2 Å². The molecule has 1 heterocycles. The summed E-state index contributed by atoms with van der Waals surface area (Å²) in [4.78, 5) is 14.3. The van der Waals surface area contributed by atoms with E-state index >= 15 is 0 Å². The van der Waals surface area contributed by atoms with Gasteiger partial charge in [-0.15, -0.1) is 0 Å². The van der Waals surface area contributed by atoms with Crippen molar-refractivity contribution < 1.29 is 9.90 Å². The maximum atomic E-state index is 10.3. The van der Waals surface area contributed by atoms with E-state index in [4.69, 9.17) is 5.11 Å². The SMILES string of the molecule is CC.CCc1nccn1CC(=O)O. The van der Waals surface area contributed by atoms with Gasteiger partial charge in [0, 0.05) is 18.8 Å². The number of carboxylic acid groups (broad SMARTS) is 1. The maximum Gasteiger partial charge on any atom is 0.323 e. The molecule has 0 aliphatic carbocycles. The largest absolute Gasteiger partial charge is 0.480 e. The molecule has 0 unspecified atom stereocenters. The summed E-state index contributed by atoms with van der Waals surface area (Å²) in [5.74, 6) is -0.0231. The second-order valence-corrected chi connectivity index (χ2v) is 2.22. The molecule has 1 aromatic heterocycles. The highest BCUT2D eigenvalue weighted by molar-refractivity contribution is 5.66. The van der Waals surface area contributed by atoms with Crippen LogP contribution in [0.15, 0.2) is 12.4 Å². The molecule has 0 aliphatic rings. The number of hydrogen-bond donors (Lipinski definition) is 1. The lowest BCUT2D eigenvalue weighted by atomic mass is 10.4. The number of aryl methyl sites for hydroxylation is 1. The number of imidazole rings is 1. The highest BCUT2D eigenvalue weighted by Gasteiger charge is 2.02. The van der Waals surface area contributed by atoms with Gasteiger partial charge in [-0.25, -0.2) is 4.98 Å². The van der Waals surface area contributed by atoms with Crippen LogP contribution in [0.4, 0.5) is 0 Å². The van der Waals surface area contributed by atoms with Crippen molar-refractivity contribution in [3.63, 3.8) is 0 Å². The summed E-state index contributed by atoms with van der Waals surface area (Å²) >= 11 is 0. The van der Waals surface area contributed by atoms with Crippen molar-refractivity contribution in [2.45, 2.75) is 33.7 Å². The van der Waals surface area contributed by atoms with E-state index < -0.39 is 5.97 Å². The fraction of sp³-hybridized carbons (Fsp3) is 0.556. The highest BCUT2D eigenvalue weighted by Crippen LogP contribution is 1.97. The summed E-state index contributed by atoms with van der Waals surface area (Å²) in [6, 6.07) is 0. The van der Waals surface area contributed by atoms with E-state index in [1.54, 1.807) is 17.0 Å². The third kappa shape index (κ3) is 3.73. The van der Waals surface area contributed by atoms with E-state index in [1.807, 2.05) is 20.8 Å². The van der Waals surface area contributed by atoms with Gasteiger partial charge in [-0.3, -0.25) is 4.79 Å². The number of nitrogens with zero attached hydrogens (tertiary/aromatic N) is 2. The maximum absolute atomic E-state index is 10.3. The Kier molecular flexibility index (Phi) is 5.59. The summed E-state index contributed by atoms with van der Waals surface area (Å²) in [6.45, 7) is 5.95. The third-order valence-corrected chi connectivity index (χ3v) is 1.42. The number of carboxylic acids is 1. The van der Waals surface area contributed by atoms with Crippen LogP contribution in [0.2, 0.25) is 0 Å². The lowest BCUT2D eigenvalue weighted by Crippen LogP contribution is -2.10. The second-order valence-electron chi connectivity index (χ2n) is 2.22. The van der Waals surface area contributed by atoms with Crippen LogP contribution in [-0.2, 0) is 17.8 Å². The fourth-order valence-corrected chi connectivity index (χ4v) is 0.944. The van der Waals surface area contributed by atoms with Crippen molar-refractivity contribution in [3.8, 4) is 0 Å². The lowest BCUT2D eigenvalue weighted by Gasteiger charge is -2.00. The van der Waals surface area contributed by atoms with Gasteiger partial charge in [0.1, 0.15) is 12.4 Å². The lowest BCUT2D eigenvalue weighted by molar-refractivity contribution is -0.137. The molecule has 74 valence electrons. The van der Waals surface area contributed by atoms with Gasteiger partial charge in [0.2, 0.25) is 0 Å². The summed E-state index contributed by atoms with van der Waals surface area (Å²) in [6.07, 6.45) is 4.05. The topological polar surface area (TPSA) is 55.1 Å².